The lowest BCUT2D eigenvalue weighted by Crippen LogP contribution is -2.17. The van der Waals surface area contributed by atoms with Gasteiger partial charge in [0.15, 0.2) is 0 Å². The van der Waals surface area contributed by atoms with Gasteiger partial charge >= 0.3 is 0 Å². The molecular formula is C11H20N2OS. The molecule has 0 aromatic carbocycles. The summed E-state index contributed by atoms with van der Waals surface area (Å²) in [4.78, 5) is 4.58. The molecule has 0 aliphatic rings. The number of nitrogens with zero attached hydrogens (tertiary/aromatic N) is 1. The van der Waals surface area contributed by atoms with Crippen molar-refractivity contribution < 1.29 is 4.74 Å². The van der Waals surface area contributed by atoms with Crippen LogP contribution in [0.1, 0.15) is 44.5 Å². The Morgan fingerprint density at radius 1 is 1.53 bits per heavy atom. The van der Waals surface area contributed by atoms with Crippen LogP contribution >= 0.6 is 11.3 Å². The minimum absolute atomic E-state index is 0.0534. The summed E-state index contributed by atoms with van der Waals surface area (Å²) in [7, 11) is 0. The number of thiazole rings is 1. The van der Waals surface area contributed by atoms with Gasteiger partial charge in [-0.3, -0.25) is 0 Å². The van der Waals surface area contributed by atoms with Crippen LogP contribution in [0.4, 0.5) is 0 Å². The Balaban J connectivity index is 2.82. The Morgan fingerprint density at radius 2 is 2.20 bits per heavy atom. The third-order valence-corrected chi connectivity index (χ3v) is 3.36. The normalized spacial score (nSPS) is 14.2. The van der Waals surface area contributed by atoms with Crippen LogP contribution < -0.4 is 5.73 Å². The van der Waals surface area contributed by atoms with Crippen molar-refractivity contribution in [3.63, 3.8) is 0 Å². The Morgan fingerprint density at radius 3 is 2.60 bits per heavy atom. The van der Waals surface area contributed by atoms with Gasteiger partial charge in [-0.15, -0.1) is 11.3 Å². The highest BCUT2D eigenvalue weighted by Crippen LogP contribution is 2.28. The molecule has 86 valence electrons. The average molecular weight is 228 g/mol. The highest BCUT2D eigenvalue weighted by molar-refractivity contribution is 7.09. The Bertz CT molecular complexity index is 304. The van der Waals surface area contributed by atoms with Gasteiger partial charge in [-0.2, -0.15) is 0 Å². The van der Waals surface area contributed by atoms with Gasteiger partial charge in [-0.25, -0.2) is 4.98 Å². The van der Waals surface area contributed by atoms with Crippen LogP contribution in [0.3, 0.4) is 0 Å². The zero-order chi connectivity index (χ0) is 11.5. The van der Waals surface area contributed by atoms with Crippen LogP contribution in [0.25, 0.3) is 0 Å². The second-order valence-corrected chi connectivity index (χ2v) is 5.37. The predicted octanol–water partition coefficient (Wildman–Crippen LogP) is 2.48. The van der Waals surface area contributed by atoms with E-state index in [2.05, 4.69) is 25.8 Å². The third kappa shape index (κ3) is 3.26. The second-order valence-electron chi connectivity index (χ2n) is 4.51. The van der Waals surface area contributed by atoms with Crippen molar-refractivity contribution in [1.29, 1.82) is 0 Å². The molecule has 0 fully saturated rings. The van der Waals surface area contributed by atoms with Crippen molar-refractivity contribution in [3.05, 3.63) is 16.1 Å². The molecule has 15 heavy (non-hydrogen) atoms. The van der Waals surface area contributed by atoms with Gasteiger partial charge in [0.25, 0.3) is 0 Å². The molecule has 0 bridgehead atoms. The van der Waals surface area contributed by atoms with E-state index in [4.69, 9.17) is 10.5 Å². The molecule has 1 unspecified atom stereocenters. The second kappa shape index (κ2) is 5.05. The minimum Gasteiger partial charge on any atom is -0.371 e. The third-order valence-electron chi connectivity index (χ3n) is 2.08. The molecular weight excluding hydrogens is 208 g/mol. The summed E-state index contributed by atoms with van der Waals surface area (Å²) in [5.74, 6) is 0. The maximum Gasteiger partial charge on any atom is 0.112 e. The van der Waals surface area contributed by atoms with Crippen LogP contribution in [0, 0.1) is 0 Å². The molecule has 0 saturated heterocycles. The summed E-state index contributed by atoms with van der Waals surface area (Å²) in [6, 6.07) is 0. The monoisotopic (exact) mass is 228 g/mol. The number of hydrogen-bond donors (Lipinski definition) is 1. The summed E-state index contributed by atoms with van der Waals surface area (Å²) in [6.07, 6.45) is -0.0534. The van der Waals surface area contributed by atoms with Gasteiger partial charge in [0.05, 0.1) is 10.7 Å². The van der Waals surface area contributed by atoms with E-state index >= 15 is 0 Å². The molecule has 0 aliphatic heterocycles. The molecule has 1 rings (SSSR count). The van der Waals surface area contributed by atoms with E-state index in [0.29, 0.717) is 13.2 Å². The molecule has 0 aliphatic carbocycles. The van der Waals surface area contributed by atoms with E-state index < -0.39 is 0 Å². The van der Waals surface area contributed by atoms with E-state index in [1.165, 1.54) is 0 Å². The van der Waals surface area contributed by atoms with Crippen LogP contribution in [0.2, 0.25) is 0 Å². The zero-order valence-corrected chi connectivity index (χ0v) is 10.7. The molecule has 1 aromatic rings. The van der Waals surface area contributed by atoms with Gasteiger partial charge in [-0.05, 0) is 6.92 Å². The van der Waals surface area contributed by atoms with Gasteiger partial charge in [0, 0.05) is 23.9 Å². The maximum absolute atomic E-state index is 5.65. The molecule has 1 heterocycles. The Kier molecular flexibility index (Phi) is 4.25. The first kappa shape index (κ1) is 12.6. The number of aromatic nitrogens is 1. The number of rotatable bonds is 4. The van der Waals surface area contributed by atoms with Crippen molar-refractivity contribution >= 4 is 11.3 Å². The lowest BCUT2D eigenvalue weighted by molar-refractivity contribution is 0.0661. The minimum atomic E-state index is -0.0534. The van der Waals surface area contributed by atoms with E-state index in [-0.39, 0.29) is 11.5 Å². The van der Waals surface area contributed by atoms with Crippen molar-refractivity contribution in [2.24, 2.45) is 5.73 Å². The largest absolute Gasteiger partial charge is 0.371 e. The quantitative estimate of drug-likeness (QED) is 0.861. The molecule has 1 aromatic heterocycles. The van der Waals surface area contributed by atoms with E-state index in [1.54, 1.807) is 11.3 Å². The zero-order valence-electron chi connectivity index (χ0n) is 9.91. The maximum atomic E-state index is 5.65. The van der Waals surface area contributed by atoms with Crippen molar-refractivity contribution in [2.45, 2.75) is 39.2 Å². The number of ether oxygens (including phenoxy) is 1. The SMILES string of the molecule is CCOC(CN)c1csc(C(C)(C)C)n1. The standard InChI is InChI=1S/C11H20N2OS/c1-5-14-9(6-12)8-7-15-10(13-8)11(2,3)4/h7,9H,5-6,12H2,1-4H3. The summed E-state index contributed by atoms with van der Waals surface area (Å²) in [5.41, 5.74) is 6.72. The fourth-order valence-corrected chi connectivity index (χ4v) is 2.20. The Labute approximate surface area is 95.7 Å². The first-order chi connectivity index (χ1) is 6.99. The summed E-state index contributed by atoms with van der Waals surface area (Å²) in [5, 5.41) is 3.18. The van der Waals surface area contributed by atoms with Gasteiger partial charge in [0.2, 0.25) is 0 Å². The van der Waals surface area contributed by atoms with E-state index in [0.717, 1.165) is 10.7 Å². The summed E-state index contributed by atoms with van der Waals surface area (Å²) >= 11 is 1.68. The highest BCUT2D eigenvalue weighted by atomic mass is 32.1. The summed E-state index contributed by atoms with van der Waals surface area (Å²) < 4.78 is 5.52. The summed E-state index contributed by atoms with van der Waals surface area (Å²) in [6.45, 7) is 9.61. The smallest absolute Gasteiger partial charge is 0.112 e. The van der Waals surface area contributed by atoms with Gasteiger partial charge in [0.1, 0.15) is 6.10 Å². The lowest BCUT2D eigenvalue weighted by Gasteiger charge is -2.15. The topological polar surface area (TPSA) is 48.1 Å². The fourth-order valence-electron chi connectivity index (χ4n) is 1.25. The van der Waals surface area contributed by atoms with Crippen molar-refractivity contribution in [2.75, 3.05) is 13.2 Å². The van der Waals surface area contributed by atoms with Crippen LogP contribution in [0.15, 0.2) is 5.38 Å². The van der Waals surface area contributed by atoms with E-state index in [1.807, 2.05) is 12.3 Å². The highest BCUT2D eigenvalue weighted by Gasteiger charge is 2.20. The fraction of sp³-hybridized carbons (Fsp3) is 0.727. The first-order valence-corrected chi connectivity index (χ1v) is 6.14. The molecule has 3 nitrogen and oxygen atoms in total. The molecule has 0 spiro atoms. The van der Waals surface area contributed by atoms with Crippen LogP contribution in [-0.4, -0.2) is 18.1 Å². The predicted molar refractivity (Wildman–Crippen MR) is 64.2 cm³/mol. The molecule has 0 radical (unpaired) electrons. The van der Waals surface area contributed by atoms with Crippen LogP contribution in [0.5, 0.6) is 0 Å². The van der Waals surface area contributed by atoms with Gasteiger partial charge < -0.3 is 10.5 Å². The number of nitrogens with two attached hydrogens (primary N) is 1. The first-order valence-electron chi connectivity index (χ1n) is 5.26. The van der Waals surface area contributed by atoms with Crippen molar-refractivity contribution in [3.8, 4) is 0 Å². The molecule has 0 amide bonds. The van der Waals surface area contributed by atoms with Gasteiger partial charge in [-0.1, -0.05) is 20.8 Å². The average Bonchev–Trinajstić information content (AvgIpc) is 2.62. The molecule has 1 atom stereocenters. The molecule has 2 N–H and O–H groups in total. The molecule has 0 saturated carbocycles. The lowest BCUT2D eigenvalue weighted by atomic mass is 9.98. The number of hydrogen-bond acceptors (Lipinski definition) is 4. The van der Waals surface area contributed by atoms with Crippen LogP contribution in [-0.2, 0) is 10.2 Å². The molecule has 4 heteroatoms. The van der Waals surface area contributed by atoms with Crippen molar-refractivity contribution in [1.82, 2.24) is 4.98 Å². The van der Waals surface area contributed by atoms with E-state index in [9.17, 15) is 0 Å². The Hall–Kier alpha value is -0.450.